The number of rotatable bonds is 4. The third-order valence-corrected chi connectivity index (χ3v) is 5.33. The summed E-state index contributed by atoms with van der Waals surface area (Å²) in [4.78, 5) is 27.2. The van der Waals surface area contributed by atoms with E-state index in [9.17, 15) is 9.59 Å². The van der Waals surface area contributed by atoms with Gasteiger partial charge in [0.15, 0.2) is 0 Å². The highest BCUT2D eigenvalue weighted by Gasteiger charge is 2.30. The molecule has 0 bridgehead atoms. The number of nitrogens with one attached hydrogen (secondary N) is 1. The minimum atomic E-state index is -0.0971. The normalized spacial score (nSPS) is 15.5. The molecule has 0 saturated carbocycles. The number of hydrogen-bond donors (Lipinski definition) is 1. The van der Waals surface area contributed by atoms with Crippen LogP contribution in [0.15, 0.2) is 36.4 Å². The van der Waals surface area contributed by atoms with Crippen molar-refractivity contribution in [2.24, 2.45) is 13.0 Å². The van der Waals surface area contributed by atoms with Crippen LogP contribution < -0.4 is 5.32 Å². The molecule has 28 heavy (non-hydrogen) atoms. The number of aryl methyl sites for hydroxylation is 1. The van der Waals surface area contributed by atoms with Crippen LogP contribution in [0.5, 0.6) is 0 Å². The van der Waals surface area contributed by atoms with Crippen LogP contribution >= 0.6 is 0 Å². The molecule has 6 heteroatoms. The third-order valence-electron chi connectivity index (χ3n) is 5.33. The largest absolute Gasteiger partial charge is 0.352 e. The van der Waals surface area contributed by atoms with Gasteiger partial charge in [-0.05, 0) is 24.5 Å². The van der Waals surface area contributed by atoms with E-state index in [-0.39, 0.29) is 23.1 Å². The molecular formula is C22H30N4O2. The molecular weight excluding hydrogens is 352 g/mol. The minimum absolute atomic E-state index is 0.00589. The molecule has 2 aromatic rings. The standard InChI is InChI=1S/C22H30N4O2/c1-22(2,3)19-14-18(25(4)24-19)21(28)26-12-10-17(11-13-26)20(27)23-15-16-8-6-5-7-9-16/h5-9,14,17H,10-13,15H2,1-4H3,(H,23,27). The van der Waals surface area contributed by atoms with Gasteiger partial charge in [-0.25, -0.2) is 0 Å². The van der Waals surface area contributed by atoms with Gasteiger partial charge in [0.05, 0.1) is 5.69 Å². The van der Waals surface area contributed by atoms with Gasteiger partial charge in [-0.15, -0.1) is 0 Å². The molecule has 0 radical (unpaired) electrons. The number of carbonyl (C=O) groups is 2. The van der Waals surface area contributed by atoms with Gasteiger partial charge in [0.25, 0.3) is 5.91 Å². The van der Waals surface area contributed by atoms with Gasteiger partial charge in [0.2, 0.25) is 5.91 Å². The molecule has 0 spiro atoms. The fourth-order valence-corrected chi connectivity index (χ4v) is 3.47. The molecule has 0 unspecified atom stereocenters. The molecule has 1 aliphatic rings. The number of carbonyl (C=O) groups excluding carboxylic acids is 2. The molecule has 1 aromatic heterocycles. The Morgan fingerprint density at radius 3 is 2.36 bits per heavy atom. The average Bonchev–Trinajstić information content (AvgIpc) is 3.08. The number of piperidine rings is 1. The van der Waals surface area contributed by atoms with Crippen molar-refractivity contribution in [3.63, 3.8) is 0 Å². The molecule has 6 nitrogen and oxygen atoms in total. The lowest BCUT2D eigenvalue weighted by Gasteiger charge is -2.31. The van der Waals surface area contributed by atoms with E-state index in [0.717, 1.165) is 11.3 Å². The second kappa shape index (κ2) is 8.17. The lowest BCUT2D eigenvalue weighted by molar-refractivity contribution is -0.126. The first kappa shape index (κ1) is 20.1. The first-order valence-electron chi connectivity index (χ1n) is 9.91. The predicted octanol–water partition coefficient (Wildman–Crippen LogP) is 2.89. The van der Waals surface area contributed by atoms with Gasteiger partial charge >= 0.3 is 0 Å². The van der Waals surface area contributed by atoms with Crippen molar-refractivity contribution in [2.75, 3.05) is 13.1 Å². The summed E-state index contributed by atoms with van der Waals surface area (Å²) in [5.41, 5.74) is 2.51. The van der Waals surface area contributed by atoms with Crippen molar-refractivity contribution in [1.82, 2.24) is 20.0 Å². The van der Waals surface area contributed by atoms with Gasteiger partial charge in [-0.1, -0.05) is 51.1 Å². The van der Waals surface area contributed by atoms with Gasteiger partial charge in [0.1, 0.15) is 5.69 Å². The highest BCUT2D eigenvalue weighted by atomic mass is 16.2. The second-order valence-corrected chi connectivity index (χ2v) is 8.56. The summed E-state index contributed by atoms with van der Waals surface area (Å²) < 4.78 is 1.67. The quantitative estimate of drug-likeness (QED) is 0.884. The molecule has 150 valence electrons. The number of likely N-dealkylation sites (tertiary alicyclic amines) is 1. The Bertz CT molecular complexity index is 828. The Hall–Kier alpha value is -2.63. The molecule has 1 saturated heterocycles. The summed E-state index contributed by atoms with van der Waals surface area (Å²) >= 11 is 0. The monoisotopic (exact) mass is 382 g/mol. The first-order chi connectivity index (χ1) is 13.3. The Kier molecular flexibility index (Phi) is 5.87. The van der Waals surface area contributed by atoms with Crippen molar-refractivity contribution in [3.8, 4) is 0 Å². The van der Waals surface area contributed by atoms with Gasteiger partial charge in [0, 0.05) is 38.0 Å². The van der Waals surface area contributed by atoms with Crippen LogP contribution in [0.4, 0.5) is 0 Å². The van der Waals surface area contributed by atoms with Gasteiger partial charge in [-0.2, -0.15) is 5.10 Å². The number of hydrogen-bond acceptors (Lipinski definition) is 3. The van der Waals surface area contributed by atoms with Crippen molar-refractivity contribution in [3.05, 3.63) is 53.3 Å². The smallest absolute Gasteiger partial charge is 0.272 e. The van der Waals surface area contributed by atoms with Crippen LogP contribution in [0.25, 0.3) is 0 Å². The molecule has 1 aliphatic heterocycles. The molecule has 0 atom stereocenters. The third kappa shape index (κ3) is 4.61. The SMILES string of the molecule is Cn1nc(C(C)(C)C)cc1C(=O)N1CCC(C(=O)NCc2ccccc2)CC1. The van der Waals surface area contributed by atoms with E-state index in [2.05, 4.69) is 31.2 Å². The molecule has 1 fully saturated rings. The van der Waals surface area contributed by atoms with Gasteiger partial charge < -0.3 is 10.2 Å². The minimum Gasteiger partial charge on any atom is -0.352 e. The van der Waals surface area contributed by atoms with E-state index in [1.807, 2.05) is 48.3 Å². The zero-order valence-corrected chi connectivity index (χ0v) is 17.2. The van der Waals surface area contributed by atoms with E-state index in [4.69, 9.17) is 0 Å². The fourth-order valence-electron chi connectivity index (χ4n) is 3.47. The number of amides is 2. The maximum Gasteiger partial charge on any atom is 0.272 e. The Morgan fingerprint density at radius 1 is 1.14 bits per heavy atom. The molecule has 1 aromatic carbocycles. The van der Waals surface area contributed by atoms with Crippen LogP contribution in [0, 0.1) is 5.92 Å². The highest BCUT2D eigenvalue weighted by molar-refractivity contribution is 5.93. The average molecular weight is 383 g/mol. The summed E-state index contributed by atoms with van der Waals surface area (Å²) in [6, 6.07) is 11.8. The van der Waals surface area contributed by atoms with E-state index >= 15 is 0 Å². The summed E-state index contributed by atoms with van der Waals surface area (Å²) in [5, 5.41) is 7.52. The Labute approximate surface area is 166 Å². The van der Waals surface area contributed by atoms with Crippen molar-refractivity contribution in [1.29, 1.82) is 0 Å². The van der Waals surface area contributed by atoms with E-state index in [0.29, 0.717) is 38.2 Å². The maximum atomic E-state index is 12.9. The van der Waals surface area contributed by atoms with Crippen LogP contribution in [-0.4, -0.2) is 39.6 Å². The molecule has 3 rings (SSSR count). The van der Waals surface area contributed by atoms with Crippen LogP contribution in [0.2, 0.25) is 0 Å². The van der Waals surface area contributed by atoms with E-state index < -0.39 is 0 Å². The first-order valence-corrected chi connectivity index (χ1v) is 9.91. The maximum absolute atomic E-state index is 12.9. The van der Waals surface area contributed by atoms with Crippen molar-refractivity contribution >= 4 is 11.8 Å². The topological polar surface area (TPSA) is 67.2 Å². The Balaban J connectivity index is 1.54. The summed E-state index contributed by atoms with van der Waals surface area (Å²) in [7, 11) is 1.81. The number of benzene rings is 1. The summed E-state index contributed by atoms with van der Waals surface area (Å²) in [5.74, 6) is 0.0320. The fraction of sp³-hybridized carbons (Fsp3) is 0.500. The highest BCUT2D eigenvalue weighted by Crippen LogP contribution is 2.24. The predicted molar refractivity (Wildman–Crippen MR) is 109 cm³/mol. The van der Waals surface area contributed by atoms with Crippen LogP contribution in [0.1, 0.15) is 55.4 Å². The van der Waals surface area contributed by atoms with Crippen molar-refractivity contribution in [2.45, 2.75) is 45.6 Å². The second-order valence-electron chi connectivity index (χ2n) is 8.56. The molecule has 2 heterocycles. The van der Waals surface area contributed by atoms with E-state index in [1.54, 1.807) is 4.68 Å². The Morgan fingerprint density at radius 2 is 1.79 bits per heavy atom. The lowest BCUT2D eigenvalue weighted by Crippen LogP contribution is -2.43. The molecule has 0 aliphatic carbocycles. The number of aromatic nitrogens is 2. The van der Waals surface area contributed by atoms with Crippen LogP contribution in [0.3, 0.4) is 0 Å². The van der Waals surface area contributed by atoms with Gasteiger partial charge in [-0.3, -0.25) is 14.3 Å². The molecule has 2 amide bonds. The summed E-state index contributed by atoms with van der Waals surface area (Å²) in [6.07, 6.45) is 1.38. The zero-order chi connectivity index (χ0) is 20.3. The summed E-state index contributed by atoms with van der Waals surface area (Å²) in [6.45, 7) is 8.00. The molecule has 1 N–H and O–H groups in total. The van der Waals surface area contributed by atoms with Crippen LogP contribution in [-0.2, 0) is 23.8 Å². The lowest BCUT2D eigenvalue weighted by atomic mass is 9.92. The zero-order valence-electron chi connectivity index (χ0n) is 17.2. The van der Waals surface area contributed by atoms with E-state index in [1.165, 1.54) is 0 Å². The van der Waals surface area contributed by atoms with Crippen molar-refractivity contribution < 1.29 is 9.59 Å². The number of nitrogens with zero attached hydrogens (tertiary/aromatic N) is 3.